The first kappa shape index (κ1) is 17.0. The highest BCUT2D eigenvalue weighted by atomic mass is 16.5. The van der Waals surface area contributed by atoms with Crippen LogP contribution in [-0.4, -0.2) is 22.4 Å². The van der Waals surface area contributed by atoms with E-state index in [9.17, 15) is 4.79 Å². The van der Waals surface area contributed by atoms with E-state index in [1.165, 1.54) is 6.08 Å². The molecule has 0 fully saturated rings. The maximum atomic E-state index is 11.5. The molecule has 24 heavy (non-hydrogen) atoms. The minimum Gasteiger partial charge on any atom is -0.466 e. The predicted octanol–water partition coefficient (Wildman–Crippen LogP) is 2.93. The van der Waals surface area contributed by atoms with Gasteiger partial charge in [-0.05, 0) is 13.0 Å². The third kappa shape index (κ3) is 4.31. The van der Waals surface area contributed by atoms with Gasteiger partial charge in [0.1, 0.15) is 17.7 Å². The van der Waals surface area contributed by atoms with Crippen molar-refractivity contribution in [2.45, 2.75) is 19.9 Å². The van der Waals surface area contributed by atoms with Crippen LogP contribution in [0, 0.1) is 22.7 Å². The van der Waals surface area contributed by atoms with Crippen molar-refractivity contribution in [1.82, 2.24) is 9.78 Å². The van der Waals surface area contributed by atoms with Crippen LogP contribution in [0.2, 0.25) is 0 Å². The number of carbonyl (C=O) groups excluding carboxylic acids is 1. The third-order valence-electron chi connectivity index (χ3n) is 3.23. The number of aromatic nitrogens is 2. The monoisotopic (exact) mass is 320 g/mol. The van der Waals surface area contributed by atoms with Crippen molar-refractivity contribution in [2.75, 3.05) is 6.61 Å². The molecule has 0 saturated heterocycles. The van der Waals surface area contributed by atoms with Crippen LogP contribution < -0.4 is 0 Å². The number of nitrogens with zero attached hydrogens (tertiary/aromatic N) is 4. The van der Waals surface area contributed by atoms with Gasteiger partial charge in [0.2, 0.25) is 0 Å². The number of allylic oxidation sites excluding steroid dienone is 1. The molecule has 6 nitrogen and oxygen atoms in total. The molecule has 0 unspecified atom stereocenters. The van der Waals surface area contributed by atoms with Crippen LogP contribution in [0.1, 0.15) is 18.9 Å². The maximum absolute atomic E-state index is 11.5. The van der Waals surface area contributed by atoms with Crippen molar-refractivity contribution < 1.29 is 9.53 Å². The normalized spacial score (nSPS) is 9.62. The molecule has 0 radical (unpaired) electrons. The molecule has 0 aliphatic heterocycles. The Balaban J connectivity index is 2.34. The van der Waals surface area contributed by atoms with E-state index in [-0.39, 0.29) is 18.0 Å². The van der Waals surface area contributed by atoms with Gasteiger partial charge in [0.05, 0.1) is 25.3 Å². The van der Waals surface area contributed by atoms with E-state index in [2.05, 4.69) is 5.10 Å². The molecule has 2 rings (SSSR count). The Kier molecular flexibility index (Phi) is 5.88. The second-order valence-electron chi connectivity index (χ2n) is 4.90. The van der Waals surface area contributed by atoms with Crippen LogP contribution >= 0.6 is 0 Å². The number of rotatable bonds is 6. The molecule has 0 N–H and O–H groups in total. The summed E-state index contributed by atoms with van der Waals surface area (Å²) in [7, 11) is 0. The minimum atomic E-state index is -0.291. The molecule has 0 spiro atoms. The fourth-order valence-electron chi connectivity index (χ4n) is 2.16. The fourth-order valence-corrected chi connectivity index (χ4v) is 2.16. The lowest BCUT2D eigenvalue weighted by atomic mass is 10.1. The first-order chi connectivity index (χ1) is 11.7. The molecular formula is C18H16N4O2. The number of esters is 1. The molecule has 1 aromatic heterocycles. The van der Waals surface area contributed by atoms with Crippen LogP contribution in [0.25, 0.3) is 17.3 Å². The number of hydrogen-bond donors (Lipinski definition) is 0. The van der Waals surface area contributed by atoms with Gasteiger partial charge in [0.15, 0.2) is 0 Å². The van der Waals surface area contributed by atoms with E-state index in [1.807, 2.05) is 42.5 Å². The van der Waals surface area contributed by atoms with Gasteiger partial charge in [-0.2, -0.15) is 15.6 Å². The van der Waals surface area contributed by atoms with Crippen molar-refractivity contribution in [1.29, 1.82) is 10.5 Å². The van der Waals surface area contributed by atoms with Crippen LogP contribution in [0.4, 0.5) is 0 Å². The first-order valence-electron chi connectivity index (χ1n) is 7.48. The number of nitriles is 2. The summed E-state index contributed by atoms with van der Waals surface area (Å²) in [6, 6.07) is 13.1. The fraction of sp³-hybridized carbons (Fsp3) is 0.222. The van der Waals surface area contributed by atoms with Crippen LogP contribution in [0.5, 0.6) is 0 Å². The Morgan fingerprint density at radius 1 is 1.29 bits per heavy atom. The van der Waals surface area contributed by atoms with Crippen molar-refractivity contribution in [3.05, 3.63) is 47.7 Å². The summed E-state index contributed by atoms with van der Waals surface area (Å²) >= 11 is 0. The Bertz CT molecular complexity index is 807. The zero-order valence-corrected chi connectivity index (χ0v) is 13.3. The van der Waals surface area contributed by atoms with E-state index in [0.29, 0.717) is 24.4 Å². The van der Waals surface area contributed by atoms with Crippen LogP contribution in [0.15, 0.2) is 42.1 Å². The summed E-state index contributed by atoms with van der Waals surface area (Å²) in [4.78, 5) is 11.5. The summed E-state index contributed by atoms with van der Waals surface area (Å²) in [5.41, 5.74) is 2.18. The van der Waals surface area contributed by atoms with Gasteiger partial charge in [0.25, 0.3) is 0 Å². The number of hydrogen-bond acceptors (Lipinski definition) is 5. The van der Waals surface area contributed by atoms with Gasteiger partial charge >= 0.3 is 5.97 Å². The Hall–Kier alpha value is -3.38. The standard InChI is InChI=1S/C18H16N4O2/c1-2-24-17(23)8-9-22-13-16(10-14(11-19)12-20)18(21-22)15-6-4-3-5-7-15/h3-7,10,13H,2,8-9H2,1H3. The van der Waals surface area contributed by atoms with Crippen LogP contribution in [0.3, 0.4) is 0 Å². The molecule has 6 heteroatoms. The van der Waals surface area contributed by atoms with E-state index < -0.39 is 0 Å². The molecule has 0 saturated carbocycles. The topological polar surface area (TPSA) is 91.7 Å². The smallest absolute Gasteiger partial charge is 0.307 e. The van der Waals surface area contributed by atoms with Crippen LogP contribution in [-0.2, 0) is 16.1 Å². The largest absolute Gasteiger partial charge is 0.466 e. The van der Waals surface area contributed by atoms with Crippen molar-refractivity contribution in [2.24, 2.45) is 0 Å². The Labute approximate surface area is 140 Å². The highest BCUT2D eigenvalue weighted by Gasteiger charge is 2.12. The van der Waals surface area contributed by atoms with Gasteiger partial charge in [-0.3, -0.25) is 9.48 Å². The van der Waals surface area contributed by atoms with E-state index in [0.717, 1.165) is 5.56 Å². The lowest BCUT2D eigenvalue weighted by Gasteiger charge is -2.02. The molecule has 2 aromatic rings. The Morgan fingerprint density at radius 3 is 2.62 bits per heavy atom. The van der Waals surface area contributed by atoms with E-state index >= 15 is 0 Å². The van der Waals surface area contributed by atoms with Gasteiger partial charge in [0, 0.05) is 17.3 Å². The summed E-state index contributed by atoms with van der Waals surface area (Å²) in [5, 5.41) is 22.4. The minimum absolute atomic E-state index is 0.00266. The highest BCUT2D eigenvalue weighted by Crippen LogP contribution is 2.24. The molecule has 120 valence electrons. The quantitative estimate of drug-likeness (QED) is 0.603. The third-order valence-corrected chi connectivity index (χ3v) is 3.23. The van der Waals surface area contributed by atoms with E-state index in [4.69, 9.17) is 15.3 Å². The second kappa shape index (κ2) is 8.30. The SMILES string of the molecule is CCOC(=O)CCn1cc(C=C(C#N)C#N)c(-c2ccccc2)n1. The van der Waals surface area contributed by atoms with Gasteiger partial charge < -0.3 is 4.74 Å². The average molecular weight is 320 g/mol. The van der Waals surface area contributed by atoms with Crippen molar-refractivity contribution in [3.8, 4) is 23.4 Å². The number of ether oxygens (including phenoxy) is 1. The van der Waals surface area contributed by atoms with Gasteiger partial charge in [-0.1, -0.05) is 30.3 Å². The summed E-state index contributed by atoms with van der Waals surface area (Å²) in [6.07, 6.45) is 3.42. The molecule has 0 bridgehead atoms. The summed E-state index contributed by atoms with van der Waals surface area (Å²) < 4.78 is 6.53. The number of aryl methyl sites for hydroxylation is 1. The van der Waals surface area contributed by atoms with E-state index in [1.54, 1.807) is 17.8 Å². The molecule has 0 amide bonds. The van der Waals surface area contributed by atoms with Crippen molar-refractivity contribution >= 4 is 12.0 Å². The lowest BCUT2D eigenvalue weighted by Crippen LogP contribution is -2.09. The maximum Gasteiger partial charge on any atom is 0.307 e. The zero-order chi connectivity index (χ0) is 17.4. The average Bonchev–Trinajstić information content (AvgIpc) is 3.01. The second-order valence-corrected chi connectivity index (χ2v) is 4.90. The highest BCUT2D eigenvalue weighted by molar-refractivity contribution is 5.75. The molecule has 0 atom stereocenters. The van der Waals surface area contributed by atoms with Gasteiger partial charge in [-0.15, -0.1) is 0 Å². The predicted molar refractivity (Wildman–Crippen MR) is 88.1 cm³/mol. The molecule has 0 aliphatic rings. The molecule has 1 heterocycles. The lowest BCUT2D eigenvalue weighted by molar-refractivity contribution is -0.143. The number of carbonyl (C=O) groups is 1. The van der Waals surface area contributed by atoms with Crippen molar-refractivity contribution in [3.63, 3.8) is 0 Å². The summed E-state index contributed by atoms with van der Waals surface area (Å²) in [6.45, 7) is 2.46. The first-order valence-corrected chi connectivity index (χ1v) is 7.48. The Morgan fingerprint density at radius 2 is 2.00 bits per heavy atom. The van der Waals surface area contributed by atoms with Gasteiger partial charge in [-0.25, -0.2) is 0 Å². The molecular weight excluding hydrogens is 304 g/mol. The zero-order valence-electron chi connectivity index (χ0n) is 13.3. The summed E-state index contributed by atoms with van der Waals surface area (Å²) in [5.74, 6) is -0.291. The molecule has 0 aliphatic carbocycles. The number of benzene rings is 1. The molecule has 1 aromatic carbocycles.